The molecule has 2 aromatic carbocycles. The first-order chi connectivity index (χ1) is 13.6. The van der Waals surface area contributed by atoms with Crippen molar-refractivity contribution in [2.45, 2.75) is 36.7 Å². The first-order valence-corrected chi connectivity index (χ1v) is 9.36. The summed E-state index contributed by atoms with van der Waals surface area (Å²) < 4.78 is 1.94. The smallest absolute Gasteiger partial charge is 0.339 e. The summed E-state index contributed by atoms with van der Waals surface area (Å²) in [4.78, 5) is 21.9. The number of imidazole rings is 1. The van der Waals surface area contributed by atoms with E-state index in [2.05, 4.69) is 4.98 Å². The third-order valence-corrected chi connectivity index (χ3v) is 6.04. The molecule has 2 atom stereocenters. The molecule has 0 amide bonds. The highest BCUT2D eigenvalue weighted by Crippen LogP contribution is 2.52. The summed E-state index contributed by atoms with van der Waals surface area (Å²) in [7, 11) is 0. The molecule has 3 aromatic rings. The molecule has 144 valence electrons. The van der Waals surface area contributed by atoms with E-state index < -0.39 is 17.0 Å². The van der Waals surface area contributed by atoms with Gasteiger partial charge in [0.15, 0.2) is 5.60 Å². The molecular weight excluding hydrogens is 354 g/mol. The SMILES string of the molecule is NOC1(C(=O)O)CCCC1(Cc1ccccc1-n1ccnc1)c1ccccc1. The van der Waals surface area contributed by atoms with E-state index in [9.17, 15) is 9.90 Å². The summed E-state index contributed by atoms with van der Waals surface area (Å²) in [6.07, 6.45) is 7.63. The van der Waals surface area contributed by atoms with Crippen LogP contribution in [0.3, 0.4) is 0 Å². The van der Waals surface area contributed by atoms with Gasteiger partial charge in [0, 0.05) is 23.5 Å². The summed E-state index contributed by atoms with van der Waals surface area (Å²) in [5.74, 6) is 4.66. The molecule has 1 aromatic heterocycles. The van der Waals surface area contributed by atoms with Crippen LogP contribution in [0.5, 0.6) is 0 Å². The highest BCUT2D eigenvalue weighted by atomic mass is 16.6. The molecule has 3 N–H and O–H groups in total. The zero-order valence-electron chi connectivity index (χ0n) is 15.5. The van der Waals surface area contributed by atoms with E-state index in [1.54, 1.807) is 12.5 Å². The van der Waals surface area contributed by atoms with Crippen molar-refractivity contribution in [1.29, 1.82) is 0 Å². The molecule has 1 saturated carbocycles. The van der Waals surface area contributed by atoms with Gasteiger partial charge in [0.05, 0.1) is 6.33 Å². The Morgan fingerprint density at radius 3 is 2.57 bits per heavy atom. The summed E-state index contributed by atoms with van der Waals surface area (Å²) in [5, 5.41) is 10.2. The van der Waals surface area contributed by atoms with Gasteiger partial charge in [0.2, 0.25) is 0 Å². The molecule has 0 spiro atoms. The maximum Gasteiger partial charge on any atom is 0.339 e. The van der Waals surface area contributed by atoms with E-state index in [-0.39, 0.29) is 0 Å². The Bertz CT molecular complexity index is 958. The number of nitrogens with two attached hydrogens (primary N) is 1. The van der Waals surface area contributed by atoms with Gasteiger partial charge in [-0.05, 0) is 42.9 Å². The average molecular weight is 377 g/mol. The Morgan fingerprint density at radius 2 is 1.89 bits per heavy atom. The van der Waals surface area contributed by atoms with Gasteiger partial charge in [-0.2, -0.15) is 0 Å². The van der Waals surface area contributed by atoms with Crippen molar-refractivity contribution in [3.63, 3.8) is 0 Å². The lowest BCUT2D eigenvalue weighted by Crippen LogP contribution is -2.57. The number of carboxylic acids is 1. The number of aliphatic carboxylic acids is 1. The normalized spacial score (nSPS) is 24.3. The second-order valence-corrected chi connectivity index (χ2v) is 7.33. The highest BCUT2D eigenvalue weighted by Gasteiger charge is 2.62. The quantitative estimate of drug-likeness (QED) is 0.644. The Hall–Kier alpha value is -2.96. The third kappa shape index (κ3) is 2.73. The largest absolute Gasteiger partial charge is 0.479 e. The number of aromatic nitrogens is 2. The number of nitrogens with zero attached hydrogens (tertiary/aromatic N) is 2. The van der Waals surface area contributed by atoms with E-state index in [0.717, 1.165) is 23.2 Å². The summed E-state index contributed by atoms with van der Waals surface area (Å²) in [6.45, 7) is 0. The predicted octanol–water partition coefficient (Wildman–Crippen LogP) is 3.25. The molecule has 6 nitrogen and oxygen atoms in total. The van der Waals surface area contributed by atoms with Gasteiger partial charge in [-0.1, -0.05) is 48.5 Å². The monoisotopic (exact) mass is 377 g/mol. The molecule has 28 heavy (non-hydrogen) atoms. The third-order valence-electron chi connectivity index (χ3n) is 6.04. The van der Waals surface area contributed by atoms with Crippen LogP contribution in [-0.2, 0) is 21.5 Å². The average Bonchev–Trinajstić information content (AvgIpc) is 3.38. The van der Waals surface area contributed by atoms with E-state index in [1.165, 1.54) is 0 Å². The Kier molecular flexibility index (Phi) is 4.75. The lowest BCUT2D eigenvalue weighted by molar-refractivity contribution is -0.176. The summed E-state index contributed by atoms with van der Waals surface area (Å²) >= 11 is 0. The summed E-state index contributed by atoms with van der Waals surface area (Å²) in [6, 6.07) is 17.7. The van der Waals surface area contributed by atoms with Crippen LogP contribution in [0.1, 0.15) is 30.4 Å². The molecule has 1 aliphatic carbocycles. The predicted molar refractivity (Wildman–Crippen MR) is 105 cm³/mol. The zero-order valence-corrected chi connectivity index (χ0v) is 15.5. The van der Waals surface area contributed by atoms with Crippen LogP contribution >= 0.6 is 0 Å². The molecule has 0 radical (unpaired) electrons. The molecule has 1 fully saturated rings. The highest BCUT2D eigenvalue weighted by molar-refractivity contribution is 5.81. The van der Waals surface area contributed by atoms with Crippen molar-refractivity contribution in [2.75, 3.05) is 0 Å². The lowest BCUT2D eigenvalue weighted by atomic mass is 9.65. The number of hydrogen-bond acceptors (Lipinski definition) is 4. The number of rotatable bonds is 6. The first kappa shape index (κ1) is 18.4. The van der Waals surface area contributed by atoms with Gasteiger partial charge in [-0.3, -0.25) is 4.84 Å². The van der Waals surface area contributed by atoms with Crippen molar-refractivity contribution < 1.29 is 14.7 Å². The van der Waals surface area contributed by atoms with Gasteiger partial charge >= 0.3 is 5.97 Å². The number of para-hydroxylation sites is 1. The van der Waals surface area contributed by atoms with Gasteiger partial charge in [-0.25, -0.2) is 15.7 Å². The van der Waals surface area contributed by atoms with Gasteiger partial charge in [0.25, 0.3) is 0 Å². The number of hydrogen-bond donors (Lipinski definition) is 2. The van der Waals surface area contributed by atoms with Crippen molar-refractivity contribution in [2.24, 2.45) is 5.90 Å². The number of carbonyl (C=O) groups is 1. The minimum atomic E-state index is -1.48. The standard InChI is InChI=1S/C22H23N3O3/c23-28-22(20(26)27)12-6-11-21(22,18-8-2-1-3-9-18)15-17-7-4-5-10-19(17)25-14-13-24-16-25/h1-5,7-10,13-14,16H,6,11-12,15,23H2,(H,26,27). The minimum absolute atomic E-state index is 0.376. The maximum absolute atomic E-state index is 12.4. The molecule has 0 bridgehead atoms. The molecule has 4 rings (SSSR count). The van der Waals surface area contributed by atoms with Crippen LogP contribution in [0, 0.1) is 0 Å². The lowest BCUT2D eigenvalue weighted by Gasteiger charge is -2.42. The van der Waals surface area contributed by atoms with Crippen molar-refractivity contribution >= 4 is 5.97 Å². The van der Waals surface area contributed by atoms with E-state index in [0.29, 0.717) is 19.3 Å². The molecule has 1 aliphatic rings. The van der Waals surface area contributed by atoms with Crippen LogP contribution in [-0.4, -0.2) is 26.2 Å². The van der Waals surface area contributed by atoms with Crippen LogP contribution in [0.2, 0.25) is 0 Å². The maximum atomic E-state index is 12.4. The topological polar surface area (TPSA) is 90.4 Å². The van der Waals surface area contributed by atoms with Crippen molar-refractivity contribution in [3.05, 3.63) is 84.4 Å². The van der Waals surface area contributed by atoms with Crippen LogP contribution in [0.4, 0.5) is 0 Å². The molecule has 0 aliphatic heterocycles. The fraction of sp³-hybridized carbons (Fsp3) is 0.273. The van der Waals surface area contributed by atoms with Crippen LogP contribution < -0.4 is 5.90 Å². The second-order valence-electron chi connectivity index (χ2n) is 7.33. The molecule has 2 unspecified atom stereocenters. The Labute approximate surface area is 163 Å². The molecular formula is C22H23N3O3. The van der Waals surface area contributed by atoms with E-state index in [1.807, 2.05) is 65.4 Å². The van der Waals surface area contributed by atoms with Crippen molar-refractivity contribution in [3.8, 4) is 5.69 Å². The Balaban J connectivity index is 1.89. The minimum Gasteiger partial charge on any atom is -0.479 e. The molecule has 6 heteroatoms. The molecule has 0 saturated heterocycles. The van der Waals surface area contributed by atoms with Crippen LogP contribution in [0.15, 0.2) is 73.3 Å². The fourth-order valence-corrected chi connectivity index (χ4v) is 4.72. The zero-order chi connectivity index (χ0) is 19.6. The van der Waals surface area contributed by atoms with Crippen LogP contribution in [0.25, 0.3) is 5.69 Å². The second kappa shape index (κ2) is 7.22. The van der Waals surface area contributed by atoms with Gasteiger partial charge in [-0.15, -0.1) is 0 Å². The Morgan fingerprint density at radius 1 is 1.14 bits per heavy atom. The van der Waals surface area contributed by atoms with Crippen molar-refractivity contribution in [1.82, 2.24) is 9.55 Å². The van der Waals surface area contributed by atoms with E-state index in [4.69, 9.17) is 10.7 Å². The summed E-state index contributed by atoms with van der Waals surface area (Å²) in [5.41, 5.74) is 0.676. The molecule has 1 heterocycles. The first-order valence-electron chi connectivity index (χ1n) is 9.36. The number of carboxylic acid groups (broad SMARTS) is 1. The van der Waals surface area contributed by atoms with E-state index >= 15 is 0 Å². The van der Waals surface area contributed by atoms with Gasteiger partial charge < -0.3 is 9.67 Å². The number of benzene rings is 2. The van der Waals surface area contributed by atoms with Gasteiger partial charge in [0.1, 0.15) is 0 Å². The fourth-order valence-electron chi connectivity index (χ4n) is 4.72.